The number of hydrogen-bond donors (Lipinski definition) is 0. The lowest BCUT2D eigenvalue weighted by atomic mass is 9.61. The Bertz CT molecular complexity index is 394. The van der Waals surface area contributed by atoms with Gasteiger partial charge in [0.2, 0.25) is 0 Å². The zero-order valence-corrected chi connectivity index (χ0v) is 11.4. The Balaban J connectivity index is 3.20. The van der Waals surface area contributed by atoms with Crippen molar-refractivity contribution in [1.82, 2.24) is 0 Å². The molecular weight excluding hydrogens is 248 g/mol. The average molecular weight is 267 g/mol. The largest absolute Gasteiger partial charge is 0.550 e. The van der Waals surface area contributed by atoms with Crippen LogP contribution in [0.2, 0.25) is 0 Å². The highest BCUT2D eigenvalue weighted by Gasteiger charge is 2.51. The quantitative estimate of drug-likeness (QED) is 0.651. The molecule has 0 N–H and O–H groups in total. The van der Waals surface area contributed by atoms with Gasteiger partial charge in [-0.15, -0.1) is 0 Å². The summed E-state index contributed by atoms with van der Waals surface area (Å²) in [5.41, 5.74) is -1.54. The van der Waals surface area contributed by atoms with E-state index in [4.69, 9.17) is 0 Å². The maximum Gasteiger partial charge on any atom is 0.147 e. The van der Waals surface area contributed by atoms with Crippen LogP contribution in [0.3, 0.4) is 0 Å². The van der Waals surface area contributed by atoms with E-state index in [-0.39, 0.29) is 49.5 Å². The zero-order valence-electron chi connectivity index (χ0n) is 11.4. The molecule has 1 aliphatic rings. The second-order valence-electron chi connectivity index (χ2n) is 5.15. The van der Waals surface area contributed by atoms with Crippen molar-refractivity contribution in [3.63, 3.8) is 0 Å². The van der Waals surface area contributed by atoms with Crippen molar-refractivity contribution in [2.75, 3.05) is 0 Å². The number of carbonyl (C=O) groups is 4. The lowest BCUT2D eigenvalue weighted by Crippen LogP contribution is -2.54. The van der Waals surface area contributed by atoms with E-state index in [2.05, 4.69) is 0 Å². The molecule has 106 valence electrons. The highest BCUT2D eigenvalue weighted by Crippen LogP contribution is 2.42. The smallest absolute Gasteiger partial charge is 0.147 e. The number of rotatable bonds is 6. The molecule has 1 aliphatic carbocycles. The van der Waals surface area contributed by atoms with E-state index in [9.17, 15) is 24.3 Å². The molecule has 1 atom stereocenters. The number of ketones is 3. The monoisotopic (exact) mass is 267 g/mol. The fourth-order valence-corrected chi connectivity index (χ4v) is 2.94. The number of aliphatic carboxylic acids is 1. The van der Waals surface area contributed by atoms with Crippen LogP contribution < -0.4 is 5.11 Å². The predicted octanol–water partition coefficient (Wildman–Crippen LogP) is 0.440. The second-order valence-corrected chi connectivity index (χ2v) is 5.15. The third-order valence-corrected chi connectivity index (χ3v) is 3.96. The van der Waals surface area contributed by atoms with Gasteiger partial charge in [0.25, 0.3) is 0 Å². The predicted molar refractivity (Wildman–Crippen MR) is 65.0 cm³/mol. The lowest BCUT2D eigenvalue weighted by molar-refractivity contribution is -0.315. The van der Waals surface area contributed by atoms with Gasteiger partial charge >= 0.3 is 0 Å². The molecule has 0 amide bonds. The fraction of sp³-hybridized carbons (Fsp3) is 0.714. The molecule has 1 rings (SSSR count). The molecule has 0 radical (unpaired) electrons. The van der Waals surface area contributed by atoms with Gasteiger partial charge in [0, 0.05) is 31.1 Å². The van der Waals surface area contributed by atoms with Crippen LogP contribution >= 0.6 is 0 Å². The minimum atomic E-state index is -1.54. The van der Waals surface area contributed by atoms with Crippen LogP contribution in [0, 0.1) is 11.3 Å². The van der Waals surface area contributed by atoms with Gasteiger partial charge in [-0.05, 0) is 26.2 Å². The molecule has 0 heterocycles. The van der Waals surface area contributed by atoms with E-state index in [1.165, 1.54) is 6.92 Å². The van der Waals surface area contributed by atoms with Crippen LogP contribution in [0.5, 0.6) is 0 Å². The first-order valence-electron chi connectivity index (χ1n) is 6.63. The van der Waals surface area contributed by atoms with Gasteiger partial charge in [-0.2, -0.15) is 0 Å². The molecule has 19 heavy (non-hydrogen) atoms. The Morgan fingerprint density at radius 2 is 1.79 bits per heavy atom. The first-order chi connectivity index (χ1) is 8.86. The normalized spacial score (nSPS) is 20.1. The summed E-state index contributed by atoms with van der Waals surface area (Å²) in [4.78, 5) is 46.8. The van der Waals surface area contributed by atoms with Gasteiger partial charge in [-0.1, -0.05) is 6.92 Å². The molecule has 0 aromatic heterocycles. The molecule has 0 aromatic rings. The lowest BCUT2D eigenvalue weighted by Gasteiger charge is -2.40. The second kappa shape index (κ2) is 6.08. The standard InChI is InChI=1S/C14H20O5/c1-3-10(13(18)19)14(8-7-9(2)15)11(16)5-4-6-12(14)17/h10H,3-8H2,1-2H3,(H,18,19)/p-1. The molecule has 1 saturated carbocycles. The Morgan fingerprint density at radius 1 is 1.26 bits per heavy atom. The van der Waals surface area contributed by atoms with Crippen molar-refractivity contribution in [2.45, 2.75) is 52.4 Å². The molecule has 5 heteroatoms. The third kappa shape index (κ3) is 2.91. The SMILES string of the molecule is CCC(C(=O)[O-])C1(CCC(C)=O)C(=O)CCCC1=O. The topological polar surface area (TPSA) is 91.3 Å². The van der Waals surface area contributed by atoms with Crippen LogP contribution in [0.4, 0.5) is 0 Å². The van der Waals surface area contributed by atoms with Gasteiger partial charge in [-0.25, -0.2) is 0 Å². The molecule has 5 nitrogen and oxygen atoms in total. The Labute approximate surface area is 112 Å². The van der Waals surface area contributed by atoms with Crippen molar-refractivity contribution in [2.24, 2.45) is 11.3 Å². The van der Waals surface area contributed by atoms with E-state index >= 15 is 0 Å². The zero-order chi connectivity index (χ0) is 14.6. The van der Waals surface area contributed by atoms with E-state index in [0.29, 0.717) is 6.42 Å². The van der Waals surface area contributed by atoms with E-state index in [0.717, 1.165) is 0 Å². The molecule has 0 aromatic carbocycles. The summed E-state index contributed by atoms with van der Waals surface area (Å²) >= 11 is 0. The Morgan fingerprint density at radius 3 is 2.16 bits per heavy atom. The number of carboxylic acids is 1. The first-order valence-corrected chi connectivity index (χ1v) is 6.63. The van der Waals surface area contributed by atoms with Crippen molar-refractivity contribution in [3.05, 3.63) is 0 Å². The summed E-state index contributed by atoms with van der Waals surface area (Å²) in [6, 6.07) is 0. The van der Waals surface area contributed by atoms with Gasteiger partial charge in [-0.3, -0.25) is 9.59 Å². The molecule has 0 aliphatic heterocycles. The van der Waals surface area contributed by atoms with Gasteiger partial charge in [0.15, 0.2) is 0 Å². The summed E-state index contributed by atoms with van der Waals surface area (Å²) < 4.78 is 0. The molecule has 0 spiro atoms. The molecule has 1 fully saturated rings. The van der Waals surface area contributed by atoms with Crippen molar-refractivity contribution < 1.29 is 24.3 Å². The minimum Gasteiger partial charge on any atom is -0.550 e. The van der Waals surface area contributed by atoms with Gasteiger partial charge in [0.1, 0.15) is 17.3 Å². The van der Waals surface area contributed by atoms with Crippen LogP contribution in [-0.4, -0.2) is 23.3 Å². The summed E-state index contributed by atoms with van der Waals surface area (Å²) in [5, 5.41) is 11.3. The van der Waals surface area contributed by atoms with Gasteiger partial charge in [0.05, 0.1) is 5.41 Å². The number of hydrogen-bond acceptors (Lipinski definition) is 5. The fourth-order valence-electron chi connectivity index (χ4n) is 2.94. The third-order valence-electron chi connectivity index (χ3n) is 3.96. The average Bonchev–Trinajstić information content (AvgIpc) is 2.31. The van der Waals surface area contributed by atoms with Crippen molar-refractivity contribution in [1.29, 1.82) is 0 Å². The van der Waals surface area contributed by atoms with Crippen LogP contribution in [0.15, 0.2) is 0 Å². The number of carboxylic acid groups (broad SMARTS) is 1. The molecule has 1 unspecified atom stereocenters. The first kappa shape index (κ1) is 15.5. The number of Topliss-reactive ketones (excluding diaryl/α,β-unsaturated/α-hetero) is 3. The molecular formula is C14H19O5-. The van der Waals surface area contributed by atoms with Crippen molar-refractivity contribution in [3.8, 4) is 0 Å². The van der Waals surface area contributed by atoms with Crippen molar-refractivity contribution >= 4 is 23.3 Å². The van der Waals surface area contributed by atoms with E-state index < -0.39 is 17.3 Å². The summed E-state index contributed by atoms with van der Waals surface area (Å²) in [7, 11) is 0. The maximum absolute atomic E-state index is 12.2. The van der Waals surface area contributed by atoms with E-state index in [1.807, 2.05) is 0 Å². The summed E-state index contributed by atoms with van der Waals surface area (Å²) in [6.45, 7) is 2.98. The maximum atomic E-state index is 12.2. The molecule has 0 bridgehead atoms. The summed E-state index contributed by atoms with van der Waals surface area (Å²) in [6.07, 6.45) is 1.05. The van der Waals surface area contributed by atoms with E-state index in [1.54, 1.807) is 6.92 Å². The highest BCUT2D eigenvalue weighted by atomic mass is 16.4. The van der Waals surface area contributed by atoms with Gasteiger partial charge < -0.3 is 14.7 Å². The number of carbonyl (C=O) groups excluding carboxylic acids is 4. The molecule has 0 saturated heterocycles. The Hall–Kier alpha value is -1.52. The van der Waals surface area contributed by atoms with Crippen LogP contribution in [0.25, 0.3) is 0 Å². The summed E-state index contributed by atoms with van der Waals surface area (Å²) in [5.74, 6) is -3.36. The Kier molecular flexibility index (Phi) is 4.97. The van der Waals surface area contributed by atoms with Crippen LogP contribution in [0.1, 0.15) is 52.4 Å². The minimum absolute atomic E-state index is 0.00745. The van der Waals surface area contributed by atoms with Crippen LogP contribution in [-0.2, 0) is 19.2 Å². The highest BCUT2D eigenvalue weighted by molar-refractivity contribution is 6.11.